The van der Waals surface area contributed by atoms with Gasteiger partial charge in [0.2, 0.25) is 0 Å². The second-order valence-corrected chi connectivity index (χ2v) is 10.2. The number of carbonyl (C=O) groups excluding carboxylic acids is 1. The van der Waals surface area contributed by atoms with E-state index < -0.39 is 21.7 Å². The van der Waals surface area contributed by atoms with Crippen LogP contribution >= 0.6 is 0 Å². The number of likely N-dealkylation sites (N-methyl/N-ethyl adjacent to an activating group) is 1. The van der Waals surface area contributed by atoms with Gasteiger partial charge in [0.1, 0.15) is 11.9 Å². The van der Waals surface area contributed by atoms with Crippen molar-refractivity contribution in [2.75, 3.05) is 47.4 Å². The first kappa shape index (κ1) is 23.5. The van der Waals surface area contributed by atoms with Gasteiger partial charge in [0.05, 0.1) is 24.6 Å². The molecule has 1 aliphatic heterocycles. The fourth-order valence-corrected chi connectivity index (χ4v) is 4.30. The molecule has 0 aliphatic carbocycles. The van der Waals surface area contributed by atoms with Gasteiger partial charge < -0.3 is 19.7 Å². The molecule has 1 saturated heterocycles. The number of hydrogen-bond acceptors (Lipinski definition) is 8. The number of nitrogens with zero attached hydrogens (tertiary/aromatic N) is 2. The van der Waals surface area contributed by atoms with E-state index in [0.717, 1.165) is 21.5 Å². The van der Waals surface area contributed by atoms with Crippen LogP contribution in [0.3, 0.4) is 0 Å². The second kappa shape index (κ2) is 9.15. The lowest BCUT2D eigenvalue weighted by Gasteiger charge is -2.31. The first-order valence-corrected chi connectivity index (χ1v) is 11.5. The summed E-state index contributed by atoms with van der Waals surface area (Å²) in [6.07, 6.45) is 2.07. The van der Waals surface area contributed by atoms with Crippen LogP contribution in [0.2, 0.25) is 0 Å². The zero-order chi connectivity index (χ0) is 22.8. The Balaban J connectivity index is 1.84. The van der Waals surface area contributed by atoms with Crippen molar-refractivity contribution in [1.29, 1.82) is 0 Å². The normalized spacial score (nSPS) is 15.3. The summed E-state index contributed by atoms with van der Waals surface area (Å²) in [7, 11) is 1.26. The third-order valence-electron chi connectivity index (χ3n) is 5.27. The van der Waals surface area contributed by atoms with Crippen LogP contribution in [0.25, 0.3) is 10.9 Å². The minimum Gasteiger partial charge on any atom is -0.497 e. The monoisotopic (exact) mass is 453 g/mol. The Morgan fingerprint density at radius 3 is 2.58 bits per heavy atom. The molecule has 172 valence electrons. The molecule has 1 fully saturated rings. The van der Waals surface area contributed by atoms with Gasteiger partial charge in [-0.2, -0.15) is 8.42 Å². The highest BCUT2D eigenvalue weighted by molar-refractivity contribution is 7.85. The Hall–Kier alpha value is -2.14. The van der Waals surface area contributed by atoms with Gasteiger partial charge in [0.15, 0.2) is 0 Å². The fraction of sp³-hybridized carbons (Fsp3) is 0.571. The van der Waals surface area contributed by atoms with Crippen molar-refractivity contribution in [1.82, 2.24) is 14.2 Å². The molecule has 0 unspecified atom stereocenters. The summed E-state index contributed by atoms with van der Waals surface area (Å²) in [5.74, 6) is 0.0548. The second-order valence-electron chi connectivity index (χ2n) is 8.68. The van der Waals surface area contributed by atoms with Crippen LogP contribution in [0, 0.1) is 5.41 Å². The van der Waals surface area contributed by atoms with Crippen molar-refractivity contribution in [2.24, 2.45) is 5.41 Å². The van der Waals surface area contributed by atoms with E-state index in [9.17, 15) is 13.2 Å². The summed E-state index contributed by atoms with van der Waals surface area (Å²) in [5, 5.41) is 3.83. The summed E-state index contributed by atoms with van der Waals surface area (Å²) in [5.41, 5.74) is 0.237. The maximum absolute atomic E-state index is 13.1. The molecule has 1 aromatic carbocycles. The Bertz CT molecular complexity index is 1040. The first-order chi connectivity index (χ1) is 14.5. The molecule has 0 atom stereocenters. The fourth-order valence-electron chi connectivity index (χ4n) is 3.10. The molecule has 0 saturated carbocycles. The molecule has 2 aromatic rings. The van der Waals surface area contributed by atoms with E-state index in [4.69, 9.17) is 13.7 Å². The quantitative estimate of drug-likeness (QED) is 0.539. The van der Waals surface area contributed by atoms with E-state index in [-0.39, 0.29) is 12.7 Å². The van der Waals surface area contributed by atoms with Gasteiger partial charge in [-0.15, -0.1) is 0 Å². The van der Waals surface area contributed by atoms with E-state index in [1.807, 2.05) is 25.1 Å². The van der Waals surface area contributed by atoms with Gasteiger partial charge in [0.25, 0.3) is 0 Å². The Kier molecular flexibility index (Phi) is 6.95. The van der Waals surface area contributed by atoms with Gasteiger partial charge in [-0.3, -0.25) is 8.98 Å². The lowest BCUT2D eigenvalue weighted by atomic mass is 9.95. The van der Waals surface area contributed by atoms with Crippen LogP contribution in [-0.2, 0) is 30.4 Å². The van der Waals surface area contributed by atoms with Crippen LogP contribution in [-0.4, -0.2) is 76.8 Å². The average molecular weight is 454 g/mol. The van der Waals surface area contributed by atoms with Gasteiger partial charge in [0, 0.05) is 37.3 Å². The molecule has 1 N–H and O–H groups in total. The zero-order valence-corrected chi connectivity index (χ0v) is 19.5. The third-order valence-corrected chi connectivity index (χ3v) is 6.47. The van der Waals surface area contributed by atoms with E-state index in [1.165, 1.54) is 7.11 Å². The number of fused-ring (bicyclic) bond motifs is 1. The van der Waals surface area contributed by atoms with Crippen LogP contribution < -0.4 is 10.1 Å². The number of nitrogens with one attached hydrogen (secondary N) is 1. The first-order valence-electron chi connectivity index (χ1n) is 10.2. The SMILES string of the molecule is COc1ccc2c(CCN(C)C)cn(S(=O)(=O)OCC(C)(C)C(=O)OC3CNC3)c2c1. The molecule has 3 rings (SSSR count). The van der Waals surface area contributed by atoms with Crippen LogP contribution in [0.15, 0.2) is 24.4 Å². The zero-order valence-electron chi connectivity index (χ0n) is 18.7. The number of hydrogen-bond donors (Lipinski definition) is 1. The van der Waals surface area contributed by atoms with E-state index in [0.29, 0.717) is 30.8 Å². The van der Waals surface area contributed by atoms with E-state index >= 15 is 0 Å². The van der Waals surface area contributed by atoms with Gasteiger partial charge in [-0.05, 0) is 52.1 Å². The van der Waals surface area contributed by atoms with Crippen molar-refractivity contribution in [3.05, 3.63) is 30.0 Å². The predicted octanol–water partition coefficient (Wildman–Crippen LogP) is 1.40. The summed E-state index contributed by atoms with van der Waals surface area (Å²) in [4.78, 5) is 14.4. The standard InChI is InChI=1S/C21H31N3O6S/c1-21(2,20(25)30-17-11-22-12-17)14-29-31(26,27)24-13-15(8-9-23(3)4)18-7-6-16(28-5)10-19(18)24/h6-7,10,13,17,22H,8-9,11-12,14H2,1-5H3. The molecular weight excluding hydrogens is 422 g/mol. The number of rotatable bonds is 10. The van der Waals surface area contributed by atoms with Crippen LogP contribution in [0.1, 0.15) is 19.4 Å². The maximum atomic E-state index is 13.1. The molecule has 0 radical (unpaired) electrons. The number of benzene rings is 1. The number of ether oxygens (including phenoxy) is 2. The lowest BCUT2D eigenvalue weighted by molar-refractivity contribution is -0.163. The van der Waals surface area contributed by atoms with Crippen molar-refractivity contribution >= 4 is 27.2 Å². The topological polar surface area (TPSA) is 99.1 Å². The molecular formula is C21H31N3O6S. The predicted molar refractivity (Wildman–Crippen MR) is 118 cm³/mol. The van der Waals surface area contributed by atoms with Crippen molar-refractivity contribution < 1.29 is 26.9 Å². The molecule has 1 aromatic heterocycles. The van der Waals surface area contributed by atoms with Crippen molar-refractivity contribution in [3.63, 3.8) is 0 Å². The number of methoxy groups -OCH3 is 1. The van der Waals surface area contributed by atoms with Crippen molar-refractivity contribution in [2.45, 2.75) is 26.4 Å². The summed E-state index contributed by atoms with van der Waals surface area (Å²) in [6, 6.07) is 5.31. The summed E-state index contributed by atoms with van der Waals surface area (Å²) >= 11 is 0. The average Bonchev–Trinajstić information content (AvgIpc) is 3.06. The van der Waals surface area contributed by atoms with Gasteiger partial charge in [-0.25, -0.2) is 3.97 Å². The largest absolute Gasteiger partial charge is 0.497 e. The highest BCUT2D eigenvalue weighted by atomic mass is 32.2. The molecule has 1 aliphatic rings. The van der Waals surface area contributed by atoms with Crippen LogP contribution in [0.5, 0.6) is 5.75 Å². The minimum absolute atomic E-state index is 0.177. The van der Waals surface area contributed by atoms with E-state index in [2.05, 4.69) is 5.32 Å². The number of carbonyl (C=O) groups is 1. The minimum atomic E-state index is -4.19. The smallest absolute Gasteiger partial charge is 0.366 e. The van der Waals surface area contributed by atoms with Crippen LogP contribution in [0.4, 0.5) is 0 Å². The van der Waals surface area contributed by atoms with Gasteiger partial charge in [-0.1, -0.05) is 0 Å². The number of aromatic nitrogens is 1. The summed E-state index contributed by atoms with van der Waals surface area (Å²) < 4.78 is 43.3. The molecule has 10 heteroatoms. The Morgan fingerprint density at radius 2 is 2.00 bits per heavy atom. The third kappa shape index (κ3) is 5.38. The highest BCUT2D eigenvalue weighted by Crippen LogP contribution is 2.29. The maximum Gasteiger partial charge on any atom is 0.366 e. The Morgan fingerprint density at radius 1 is 1.29 bits per heavy atom. The van der Waals surface area contributed by atoms with Gasteiger partial charge >= 0.3 is 16.3 Å². The number of esters is 1. The van der Waals surface area contributed by atoms with Crippen molar-refractivity contribution in [3.8, 4) is 5.75 Å². The molecule has 2 heterocycles. The molecule has 9 nitrogen and oxygen atoms in total. The lowest BCUT2D eigenvalue weighted by Crippen LogP contribution is -2.51. The molecule has 0 bridgehead atoms. The van der Waals surface area contributed by atoms with E-state index in [1.54, 1.807) is 32.2 Å². The molecule has 0 amide bonds. The summed E-state index contributed by atoms with van der Waals surface area (Å²) in [6.45, 7) is 4.86. The highest BCUT2D eigenvalue weighted by Gasteiger charge is 2.35. The molecule has 31 heavy (non-hydrogen) atoms. The molecule has 0 spiro atoms. The Labute approximate surface area is 183 Å².